The highest BCUT2D eigenvalue weighted by Crippen LogP contribution is 2.16. The summed E-state index contributed by atoms with van der Waals surface area (Å²) in [5.41, 5.74) is 2.27. The van der Waals surface area contributed by atoms with Crippen molar-refractivity contribution in [3.8, 4) is 11.1 Å². The van der Waals surface area contributed by atoms with Crippen LogP contribution in [0.1, 0.15) is 0 Å². The Hall–Kier alpha value is -2.62. The molecule has 0 unspecified atom stereocenters. The molecule has 0 atom stereocenters. The van der Waals surface area contributed by atoms with Crippen molar-refractivity contribution >= 4 is 5.97 Å². The molecule has 2 rings (SSSR count). The van der Waals surface area contributed by atoms with Crippen LogP contribution in [0.3, 0.4) is 0 Å². The number of hydrogen-bond acceptors (Lipinski definition) is 3. The molecule has 0 amide bonds. The second-order valence-corrected chi connectivity index (χ2v) is 4.02. The fourth-order valence-corrected chi connectivity index (χ4v) is 1.67. The zero-order valence-corrected chi connectivity index (χ0v) is 11.1. The van der Waals surface area contributed by atoms with E-state index in [0.29, 0.717) is 0 Å². The highest BCUT2D eigenvalue weighted by atomic mass is 16.7. The third-order valence-electron chi connectivity index (χ3n) is 2.64. The van der Waals surface area contributed by atoms with Gasteiger partial charge in [-0.1, -0.05) is 36.9 Å². The topological polar surface area (TPSA) is 39.4 Å². The maximum atomic E-state index is 10.8. The third kappa shape index (κ3) is 3.95. The maximum Gasteiger partial charge on any atom is 0.330 e. The van der Waals surface area contributed by atoms with Crippen molar-refractivity contribution in [2.45, 2.75) is 0 Å². The molecule has 1 aromatic heterocycles. The Morgan fingerprint density at radius 3 is 2.35 bits per heavy atom. The van der Waals surface area contributed by atoms with Gasteiger partial charge in [0.05, 0.1) is 0 Å². The molecule has 102 valence electrons. The molecule has 0 bridgehead atoms. The molecule has 1 aromatic carbocycles. The van der Waals surface area contributed by atoms with Crippen LogP contribution in [0.25, 0.3) is 11.1 Å². The zero-order valence-electron chi connectivity index (χ0n) is 11.1. The molecule has 0 fully saturated rings. The summed E-state index contributed by atoms with van der Waals surface area (Å²) < 4.78 is 6.39. The summed E-state index contributed by atoms with van der Waals surface area (Å²) in [6, 6.07) is 14.0. The average Bonchev–Trinajstić information content (AvgIpc) is 2.52. The first-order chi connectivity index (χ1) is 9.79. The fourth-order valence-electron chi connectivity index (χ4n) is 1.67. The standard InChI is InChI=1S/C16H16NO3/c1-2-16(18)19-12-13-20-17-10-8-15(9-11-17)14-6-4-3-5-7-14/h2-11H,1,12-13H2/q+1. The van der Waals surface area contributed by atoms with Gasteiger partial charge in [-0.05, 0) is 11.1 Å². The maximum absolute atomic E-state index is 10.8. The number of nitrogens with zero attached hydrogens (tertiary/aromatic N) is 1. The van der Waals surface area contributed by atoms with E-state index in [1.54, 1.807) is 4.73 Å². The van der Waals surface area contributed by atoms with Crippen molar-refractivity contribution in [2.75, 3.05) is 13.2 Å². The lowest BCUT2D eigenvalue weighted by atomic mass is 10.1. The van der Waals surface area contributed by atoms with Crippen LogP contribution in [-0.4, -0.2) is 19.2 Å². The first-order valence-corrected chi connectivity index (χ1v) is 6.29. The van der Waals surface area contributed by atoms with E-state index < -0.39 is 5.97 Å². The highest BCUT2D eigenvalue weighted by molar-refractivity contribution is 5.81. The van der Waals surface area contributed by atoms with Crippen molar-refractivity contribution < 1.29 is 19.1 Å². The Labute approximate surface area is 117 Å². The molecule has 0 spiro atoms. The van der Waals surface area contributed by atoms with E-state index in [9.17, 15) is 4.79 Å². The summed E-state index contributed by atoms with van der Waals surface area (Å²) in [7, 11) is 0. The molecule has 0 aliphatic heterocycles. The van der Waals surface area contributed by atoms with Gasteiger partial charge in [-0.2, -0.15) is 0 Å². The lowest BCUT2D eigenvalue weighted by Gasteiger charge is -2.01. The number of carbonyl (C=O) groups is 1. The van der Waals surface area contributed by atoms with Gasteiger partial charge in [-0.25, -0.2) is 4.79 Å². The van der Waals surface area contributed by atoms with Crippen LogP contribution >= 0.6 is 0 Å². The molecule has 4 heteroatoms. The Kier molecular flexibility index (Phi) is 4.89. The van der Waals surface area contributed by atoms with Gasteiger partial charge in [-0.3, -0.25) is 4.84 Å². The normalized spacial score (nSPS) is 9.80. The van der Waals surface area contributed by atoms with Crippen LogP contribution in [0.2, 0.25) is 0 Å². The van der Waals surface area contributed by atoms with Gasteiger partial charge < -0.3 is 4.74 Å². The summed E-state index contributed by atoms with van der Waals surface area (Å²) in [6.07, 6.45) is 4.76. The largest absolute Gasteiger partial charge is 0.459 e. The molecule has 0 N–H and O–H groups in total. The summed E-state index contributed by atoms with van der Waals surface area (Å²) in [5, 5.41) is 0. The molecule has 0 radical (unpaired) electrons. The number of pyridine rings is 1. The van der Waals surface area contributed by atoms with Crippen molar-refractivity contribution in [3.05, 3.63) is 67.5 Å². The molecule has 4 nitrogen and oxygen atoms in total. The number of esters is 1. The van der Waals surface area contributed by atoms with Gasteiger partial charge in [0, 0.05) is 22.9 Å². The fraction of sp³-hybridized carbons (Fsp3) is 0.125. The smallest absolute Gasteiger partial charge is 0.330 e. The van der Waals surface area contributed by atoms with Gasteiger partial charge in [-0.15, -0.1) is 0 Å². The molecular formula is C16H16NO3+. The van der Waals surface area contributed by atoms with Crippen LogP contribution in [0, 0.1) is 0 Å². The molecule has 0 saturated heterocycles. The number of aromatic nitrogens is 1. The van der Waals surface area contributed by atoms with Crippen molar-refractivity contribution in [1.29, 1.82) is 0 Å². The molecule has 1 heterocycles. The first kappa shape index (κ1) is 13.8. The van der Waals surface area contributed by atoms with Crippen molar-refractivity contribution in [1.82, 2.24) is 0 Å². The third-order valence-corrected chi connectivity index (χ3v) is 2.64. The van der Waals surface area contributed by atoms with Gasteiger partial charge in [0.25, 0.3) is 0 Å². The van der Waals surface area contributed by atoms with E-state index >= 15 is 0 Å². The number of rotatable bonds is 6. The van der Waals surface area contributed by atoms with E-state index in [1.165, 1.54) is 0 Å². The van der Waals surface area contributed by atoms with Crippen molar-refractivity contribution in [3.63, 3.8) is 0 Å². The molecular weight excluding hydrogens is 254 g/mol. The molecule has 0 aliphatic carbocycles. The van der Waals surface area contributed by atoms with Crippen molar-refractivity contribution in [2.24, 2.45) is 0 Å². The van der Waals surface area contributed by atoms with E-state index in [4.69, 9.17) is 9.57 Å². The van der Waals surface area contributed by atoms with Crippen LogP contribution in [-0.2, 0) is 9.53 Å². The van der Waals surface area contributed by atoms with Gasteiger partial charge in [0.15, 0.2) is 6.61 Å². The summed E-state index contributed by atoms with van der Waals surface area (Å²) in [5.74, 6) is -0.446. The van der Waals surface area contributed by atoms with Gasteiger partial charge >= 0.3 is 5.97 Å². The SMILES string of the molecule is C=CC(=O)OCCO[n+]1ccc(-c2ccccc2)cc1. The Bertz CT molecular complexity index is 564. The highest BCUT2D eigenvalue weighted by Gasteiger charge is 2.04. The van der Waals surface area contributed by atoms with E-state index in [-0.39, 0.29) is 13.2 Å². The van der Waals surface area contributed by atoms with Crippen LogP contribution in [0.15, 0.2) is 67.5 Å². The van der Waals surface area contributed by atoms with E-state index in [1.807, 2.05) is 42.7 Å². The molecule has 0 saturated carbocycles. The Balaban J connectivity index is 1.86. The second kappa shape index (κ2) is 7.09. The van der Waals surface area contributed by atoms with E-state index in [2.05, 4.69) is 18.7 Å². The lowest BCUT2D eigenvalue weighted by Crippen LogP contribution is -2.43. The number of hydrogen-bond donors (Lipinski definition) is 0. The van der Waals surface area contributed by atoms with Gasteiger partial charge in [0.2, 0.25) is 12.4 Å². The average molecular weight is 270 g/mol. The summed E-state index contributed by atoms with van der Waals surface area (Å²) in [4.78, 5) is 16.2. The van der Waals surface area contributed by atoms with Crippen LogP contribution < -0.4 is 9.57 Å². The number of ether oxygens (including phenoxy) is 1. The minimum atomic E-state index is -0.446. The molecule has 2 aromatic rings. The lowest BCUT2D eigenvalue weighted by molar-refractivity contribution is -0.891. The quantitative estimate of drug-likeness (QED) is 0.348. The monoisotopic (exact) mass is 270 g/mol. The Morgan fingerprint density at radius 1 is 1.05 bits per heavy atom. The van der Waals surface area contributed by atoms with E-state index in [0.717, 1.165) is 17.2 Å². The van der Waals surface area contributed by atoms with Crippen LogP contribution in [0.4, 0.5) is 0 Å². The zero-order chi connectivity index (χ0) is 14.2. The molecule has 20 heavy (non-hydrogen) atoms. The van der Waals surface area contributed by atoms with Gasteiger partial charge in [0.1, 0.15) is 6.61 Å². The summed E-state index contributed by atoms with van der Waals surface area (Å²) in [6.45, 7) is 3.79. The minimum Gasteiger partial charge on any atom is -0.459 e. The summed E-state index contributed by atoms with van der Waals surface area (Å²) >= 11 is 0. The minimum absolute atomic E-state index is 0.193. The first-order valence-electron chi connectivity index (χ1n) is 6.29. The molecule has 0 aliphatic rings. The number of benzene rings is 1. The Morgan fingerprint density at radius 2 is 1.70 bits per heavy atom. The van der Waals surface area contributed by atoms with Crippen LogP contribution in [0.5, 0.6) is 0 Å². The predicted octanol–water partition coefficient (Wildman–Crippen LogP) is 1.80. The second-order valence-electron chi connectivity index (χ2n) is 4.02. The predicted molar refractivity (Wildman–Crippen MR) is 74.7 cm³/mol. The number of carbonyl (C=O) groups excluding carboxylic acids is 1.